The van der Waals surface area contributed by atoms with Crippen LogP contribution in [0.25, 0.3) is 10.2 Å². The highest BCUT2D eigenvalue weighted by Gasteiger charge is 2.45. The third-order valence-corrected chi connectivity index (χ3v) is 6.22. The molecule has 4 rings (SSSR count). The number of nitrogens with one attached hydrogen (secondary N) is 1. The Hall–Kier alpha value is -2.11. The van der Waals surface area contributed by atoms with Crippen LogP contribution in [0.1, 0.15) is 21.5 Å². The number of ether oxygens (including phenoxy) is 1. The molecule has 8 nitrogen and oxygen atoms in total. The highest BCUT2D eigenvalue weighted by atomic mass is 35.5. The van der Waals surface area contributed by atoms with Crippen LogP contribution < -0.4 is 5.32 Å². The minimum atomic E-state index is -1.48. The minimum absolute atomic E-state index is 0.332. The first-order chi connectivity index (χ1) is 14.4. The first-order valence-corrected chi connectivity index (χ1v) is 10.3. The molecule has 0 radical (unpaired) electrons. The Bertz CT molecular complexity index is 1070. The summed E-state index contributed by atoms with van der Waals surface area (Å²) >= 11 is 7.17. The maximum absolute atomic E-state index is 12.6. The summed E-state index contributed by atoms with van der Waals surface area (Å²) in [6.45, 7) is -0.514. The number of carbonyl (C=O) groups excluding carboxylic acids is 1. The molecule has 0 aliphatic carbocycles. The zero-order chi connectivity index (χ0) is 21.4. The number of aliphatic hydroxyl groups excluding tert-OH is 4. The van der Waals surface area contributed by atoms with E-state index >= 15 is 0 Å². The molecule has 5 N–H and O–H groups in total. The number of thiazole rings is 1. The van der Waals surface area contributed by atoms with E-state index in [-0.39, 0.29) is 5.91 Å². The fourth-order valence-electron chi connectivity index (χ4n) is 3.28. The lowest BCUT2D eigenvalue weighted by atomic mass is 9.95. The van der Waals surface area contributed by atoms with Gasteiger partial charge in [-0.25, -0.2) is 4.98 Å². The maximum atomic E-state index is 12.6. The van der Waals surface area contributed by atoms with Gasteiger partial charge in [-0.1, -0.05) is 17.7 Å². The third kappa shape index (κ3) is 4.06. The molecule has 1 saturated heterocycles. The van der Waals surface area contributed by atoms with Gasteiger partial charge in [0.15, 0.2) is 0 Å². The molecular formula is C20H19ClN2O6S. The topological polar surface area (TPSA) is 132 Å². The van der Waals surface area contributed by atoms with E-state index in [0.717, 1.165) is 4.70 Å². The van der Waals surface area contributed by atoms with Crippen LogP contribution in [0, 0.1) is 0 Å². The number of fused-ring (bicyclic) bond motifs is 1. The molecule has 1 fully saturated rings. The van der Waals surface area contributed by atoms with Gasteiger partial charge in [0.25, 0.3) is 5.91 Å². The number of aliphatic hydroxyl groups is 4. The fourth-order valence-corrected chi connectivity index (χ4v) is 4.50. The summed E-state index contributed by atoms with van der Waals surface area (Å²) in [5, 5.41) is 43.2. The molecule has 2 aromatic carbocycles. The predicted molar refractivity (Wildman–Crippen MR) is 112 cm³/mol. The molecule has 2 heterocycles. The van der Waals surface area contributed by atoms with Crippen LogP contribution in [-0.2, 0) is 4.74 Å². The second-order valence-electron chi connectivity index (χ2n) is 6.95. The number of halogens is 1. The van der Waals surface area contributed by atoms with Gasteiger partial charge in [-0.3, -0.25) is 4.79 Å². The summed E-state index contributed by atoms with van der Waals surface area (Å²) in [6.07, 6.45) is -6.35. The number of hydrogen-bond acceptors (Lipinski definition) is 8. The van der Waals surface area contributed by atoms with Crippen LogP contribution in [0.2, 0.25) is 5.02 Å². The average Bonchev–Trinajstić information content (AvgIpc) is 3.15. The highest BCUT2D eigenvalue weighted by Crippen LogP contribution is 2.36. The van der Waals surface area contributed by atoms with E-state index in [4.69, 9.17) is 16.3 Å². The molecule has 158 valence electrons. The Morgan fingerprint density at radius 1 is 1.13 bits per heavy atom. The zero-order valence-corrected chi connectivity index (χ0v) is 17.0. The fraction of sp³-hybridized carbons (Fsp3) is 0.300. The zero-order valence-electron chi connectivity index (χ0n) is 15.5. The van der Waals surface area contributed by atoms with Crippen LogP contribution in [0.15, 0.2) is 42.5 Å². The summed E-state index contributed by atoms with van der Waals surface area (Å²) < 4.78 is 6.31. The monoisotopic (exact) mass is 450 g/mol. The van der Waals surface area contributed by atoms with E-state index in [9.17, 15) is 25.2 Å². The van der Waals surface area contributed by atoms with Crippen molar-refractivity contribution in [2.75, 3.05) is 11.9 Å². The Morgan fingerprint density at radius 2 is 1.93 bits per heavy atom. The molecule has 0 bridgehead atoms. The Balaban J connectivity index is 1.58. The molecule has 10 heteroatoms. The minimum Gasteiger partial charge on any atom is -0.394 e. The lowest BCUT2D eigenvalue weighted by Gasteiger charge is -2.39. The van der Waals surface area contributed by atoms with Crippen LogP contribution in [0.5, 0.6) is 0 Å². The number of rotatable bonds is 4. The van der Waals surface area contributed by atoms with E-state index in [2.05, 4.69) is 10.3 Å². The molecule has 1 amide bonds. The van der Waals surface area contributed by atoms with Crippen LogP contribution >= 0.6 is 22.9 Å². The van der Waals surface area contributed by atoms with Crippen LogP contribution in [-0.4, -0.2) is 62.3 Å². The van der Waals surface area contributed by atoms with Gasteiger partial charge in [0.05, 0.1) is 16.8 Å². The van der Waals surface area contributed by atoms with Gasteiger partial charge in [-0.05, 0) is 36.4 Å². The van der Waals surface area contributed by atoms with Gasteiger partial charge in [0, 0.05) is 16.3 Å². The smallest absolute Gasteiger partial charge is 0.255 e. The standard InChI is InChI=1S/C20H19ClN2O6S/c21-10-2-1-3-11(7-10)22-19(28)9-4-5-14-12(6-9)23-20(30-14)18-17(27)16(26)15(25)13(8-24)29-18/h1-7,13,15-18,24-27H,8H2,(H,22,28)/t13-,15+,16+,17-,18-/m1/s1. The number of aromatic nitrogens is 1. The summed E-state index contributed by atoms with van der Waals surface area (Å²) in [6, 6.07) is 11.8. The van der Waals surface area contributed by atoms with Crippen LogP contribution in [0.4, 0.5) is 5.69 Å². The number of hydrogen-bond donors (Lipinski definition) is 5. The van der Waals surface area contributed by atoms with Crippen molar-refractivity contribution in [2.45, 2.75) is 30.5 Å². The Kier molecular flexibility index (Phi) is 6.03. The number of nitrogens with zero attached hydrogens (tertiary/aromatic N) is 1. The normalized spacial score (nSPS) is 26.6. The number of carbonyl (C=O) groups is 1. The van der Waals surface area contributed by atoms with Crippen molar-refractivity contribution < 1.29 is 30.0 Å². The van der Waals surface area contributed by atoms with Crippen molar-refractivity contribution in [1.29, 1.82) is 0 Å². The van der Waals surface area contributed by atoms with E-state index in [0.29, 0.717) is 26.8 Å². The van der Waals surface area contributed by atoms with Crippen molar-refractivity contribution in [3.63, 3.8) is 0 Å². The molecule has 3 aromatic rings. The van der Waals surface area contributed by atoms with Gasteiger partial charge < -0.3 is 30.5 Å². The van der Waals surface area contributed by atoms with Gasteiger partial charge in [-0.15, -0.1) is 11.3 Å². The molecule has 1 aliphatic heterocycles. The largest absolute Gasteiger partial charge is 0.394 e. The van der Waals surface area contributed by atoms with Crippen molar-refractivity contribution in [1.82, 2.24) is 4.98 Å². The second-order valence-corrected chi connectivity index (χ2v) is 8.45. The number of anilines is 1. The van der Waals surface area contributed by atoms with Gasteiger partial charge >= 0.3 is 0 Å². The Morgan fingerprint density at radius 3 is 2.67 bits per heavy atom. The van der Waals surface area contributed by atoms with Crippen molar-refractivity contribution in [3.8, 4) is 0 Å². The average molecular weight is 451 g/mol. The number of amides is 1. The summed E-state index contributed by atoms with van der Waals surface area (Å²) in [4.78, 5) is 17.0. The van der Waals surface area contributed by atoms with Gasteiger partial charge in [0.1, 0.15) is 35.5 Å². The Labute approximate surface area is 180 Å². The second kappa shape index (κ2) is 8.56. The molecule has 30 heavy (non-hydrogen) atoms. The van der Waals surface area contributed by atoms with E-state index in [1.807, 2.05) is 0 Å². The quantitative estimate of drug-likeness (QED) is 0.409. The third-order valence-electron chi connectivity index (χ3n) is 4.88. The van der Waals surface area contributed by atoms with Gasteiger partial charge in [-0.2, -0.15) is 0 Å². The molecule has 0 spiro atoms. The molecule has 0 unspecified atom stereocenters. The SMILES string of the molecule is O=C(Nc1cccc(Cl)c1)c1ccc2sc([C@@H]3O[C@H](CO)[C@H](O)[C@H](O)[C@H]3O)nc2c1. The number of benzene rings is 2. The van der Waals surface area contributed by atoms with Crippen molar-refractivity contribution in [2.24, 2.45) is 0 Å². The maximum Gasteiger partial charge on any atom is 0.255 e. The molecule has 5 atom stereocenters. The highest BCUT2D eigenvalue weighted by molar-refractivity contribution is 7.18. The van der Waals surface area contributed by atoms with E-state index < -0.39 is 37.1 Å². The molecule has 1 aromatic heterocycles. The summed E-state index contributed by atoms with van der Waals surface area (Å²) in [5.41, 5.74) is 1.46. The molecular weight excluding hydrogens is 432 g/mol. The summed E-state index contributed by atoms with van der Waals surface area (Å²) in [7, 11) is 0. The van der Waals surface area contributed by atoms with Crippen molar-refractivity contribution in [3.05, 3.63) is 58.1 Å². The molecule has 1 aliphatic rings. The van der Waals surface area contributed by atoms with E-state index in [1.165, 1.54) is 11.3 Å². The lowest BCUT2D eigenvalue weighted by Crippen LogP contribution is -2.55. The first kappa shape index (κ1) is 21.1. The van der Waals surface area contributed by atoms with E-state index in [1.54, 1.807) is 42.5 Å². The van der Waals surface area contributed by atoms with Crippen molar-refractivity contribution >= 4 is 44.7 Å². The van der Waals surface area contributed by atoms with Crippen LogP contribution in [0.3, 0.4) is 0 Å². The lowest BCUT2D eigenvalue weighted by molar-refractivity contribution is -0.231. The molecule has 0 saturated carbocycles. The predicted octanol–water partition coefficient (Wildman–Crippen LogP) is 1.72. The summed E-state index contributed by atoms with van der Waals surface area (Å²) in [5.74, 6) is -0.332. The first-order valence-electron chi connectivity index (χ1n) is 9.15. The van der Waals surface area contributed by atoms with Gasteiger partial charge in [0.2, 0.25) is 0 Å².